The molecule has 0 aliphatic heterocycles. The smallest absolute Gasteiger partial charge is 0.234 e. The number of rotatable bonds is 6. The SMILES string of the molecule is CC(C)=CCC1=C(O)c2ccccc2C(=O)C1=O.CC(C)=CCCC(C)C1CCC2(C)C3=C(CCC12C)C1(C)CCC(O)C(C)(C)C1CC3. The van der Waals surface area contributed by atoms with Crippen molar-refractivity contribution >= 4 is 17.3 Å². The monoisotopic (exact) mass is 668 g/mol. The number of fused-ring (bicyclic) bond motifs is 5. The van der Waals surface area contributed by atoms with Crippen molar-refractivity contribution in [3.8, 4) is 0 Å². The molecule has 2 fully saturated rings. The number of aliphatic hydroxyl groups excluding tert-OH is 2. The maximum absolute atomic E-state index is 11.9. The van der Waals surface area contributed by atoms with Gasteiger partial charge in [0.2, 0.25) is 11.6 Å². The van der Waals surface area contributed by atoms with E-state index >= 15 is 0 Å². The molecule has 0 amide bonds. The highest BCUT2D eigenvalue weighted by Gasteiger charge is 2.63. The average molecular weight is 669 g/mol. The summed E-state index contributed by atoms with van der Waals surface area (Å²) in [7, 11) is 0. The van der Waals surface area contributed by atoms with Crippen molar-refractivity contribution in [2.75, 3.05) is 0 Å². The highest BCUT2D eigenvalue weighted by Crippen LogP contribution is 2.72. The Bertz CT molecular complexity index is 1590. The fraction of sp³-hybridized carbons (Fsp3) is 0.644. The van der Waals surface area contributed by atoms with Crippen LogP contribution in [0.1, 0.15) is 156 Å². The summed E-state index contributed by atoms with van der Waals surface area (Å²) in [5.41, 5.74) is 8.35. The van der Waals surface area contributed by atoms with Gasteiger partial charge in [-0.3, -0.25) is 9.59 Å². The predicted octanol–water partition coefficient (Wildman–Crippen LogP) is 11.6. The van der Waals surface area contributed by atoms with Crippen molar-refractivity contribution in [2.24, 2.45) is 39.4 Å². The summed E-state index contributed by atoms with van der Waals surface area (Å²) >= 11 is 0. The van der Waals surface area contributed by atoms with E-state index < -0.39 is 11.6 Å². The molecule has 4 heteroatoms. The van der Waals surface area contributed by atoms with Crippen molar-refractivity contribution in [1.29, 1.82) is 0 Å². The summed E-state index contributed by atoms with van der Waals surface area (Å²) in [6.07, 6.45) is 17.3. The molecule has 6 rings (SSSR count). The molecule has 1 aromatic rings. The molecule has 0 saturated heterocycles. The molecule has 0 aromatic heterocycles. The Hall–Kier alpha value is -2.72. The molecule has 0 bridgehead atoms. The number of benzene rings is 1. The second kappa shape index (κ2) is 13.8. The number of aliphatic hydroxyl groups is 2. The van der Waals surface area contributed by atoms with Crippen LogP contribution in [0.25, 0.3) is 5.76 Å². The van der Waals surface area contributed by atoms with Gasteiger partial charge in [-0.2, -0.15) is 0 Å². The van der Waals surface area contributed by atoms with E-state index in [4.69, 9.17) is 0 Å². The van der Waals surface area contributed by atoms with Crippen LogP contribution in [0.3, 0.4) is 0 Å². The van der Waals surface area contributed by atoms with E-state index in [-0.39, 0.29) is 34.8 Å². The first-order chi connectivity index (χ1) is 22.9. The molecule has 7 unspecified atom stereocenters. The Morgan fingerprint density at radius 3 is 2.14 bits per heavy atom. The maximum atomic E-state index is 11.9. The zero-order valence-electron chi connectivity index (χ0n) is 32.3. The zero-order chi connectivity index (χ0) is 36.1. The highest BCUT2D eigenvalue weighted by molar-refractivity contribution is 6.52. The van der Waals surface area contributed by atoms with E-state index in [1.54, 1.807) is 24.3 Å². The van der Waals surface area contributed by atoms with Crippen LogP contribution in [0.2, 0.25) is 0 Å². The fourth-order valence-corrected chi connectivity index (χ4v) is 11.4. The number of allylic oxidation sites excluding steroid dienone is 7. The largest absolute Gasteiger partial charge is 0.507 e. The third-order valence-electron chi connectivity index (χ3n) is 14.6. The van der Waals surface area contributed by atoms with Crippen LogP contribution in [-0.2, 0) is 4.79 Å². The number of carbonyl (C=O) groups is 2. The first-order valence-corrected chi connectivity index (χ1v) is 19.2. The first-order valence-electron chi connectivity index (χ1n) is 19.2. The van der Waals surface area contributed by atoms with Gasteiger partial charge in [0.15, 0.2) is 0 Å². The van der Waals surface area contributed by atoms with Gasteiger partial charge in [-0.05, 0) is 138 Å². The Morgan fingerprint density at radius 1 is 0.837 bits per heavy atom. The van der Waals surface area contributed by atoms with Crippen LogP contribution in [0.4, 0.5) is 0 Å². The zero-order valence-corrected chi connectivity index (χ0v) is 32.3. The fourth-order valence-electron chi connectivity index (χ4n) is 11.4. The maximum Gasteiger partial charge on any atom is 0.234 e. The van der Waals surface area contributed by atoms with Crippen LogP contribution in [0.5, 0.6) is 0 Å². The molecule has 2 saturated carbocycles. The van der Waals surface area contributed by atoms with Crippen LogP contribution < -0.4 is 0 Å². The molecular formula is C45H64O4. The minimum Gasteiger partial charge on any atom is -0.507 e. The Balaban J connectivity index is 0.000000221. The van der Waals surface area contributed by atoms with Gasteiger partial charge in [0, 0.05) is 16.7 Å². The van der Waals surface area contributed by atoms with Crippen molar-refractivity contribution in [3.63, 3.8) is 0 Å². The lowest BCUT2D eigenvalue weighted by atomic mass is 9.43. The minimum atomic E-state index is -0.608. The molecule has 0 spiro atoms. The number of hydrogen-bond donors (Lipinski definition) is 2. The molecule has 1 aromatic carbocycles. The van der Waals surface area contributed by atoms with Gasteiger partial charge < -0.3 is 10.2 Å². The van der Waals surface area contributed by atoms with E-state index in [2.05, 4.69) is 61.5 Å². The van der Waals surface area contributed by atoms with Crippen LogP contribution in [0, 0.1) is 39.4 Å². The first kappa shape index (κ1) is 37.5. The number of carbonyl (C=O) groups excluding carboxylic acids is 2. The van der Waals surface area contributed by atoms with Gasteiger partial charge in [0.1, 0.15) is 5.76 Å². The second-order valence-electron chi connectivity index (χ2n) is 18.1. The van der Waals surface area contributed by atoms with Gasteiger partial charge in [0.25, 0.3) is 0 Å². The molecular weight excluding hydrogens is 604 g/mol. The van der Waals surface area contributed by atoms with Crippen molar-refractivity contribution in [3.05, 3.63) is 75.4 Å². The number of ketones is 2. The Labute approximate surface area is 297 Å². The van der Waals surface area contributed by atoms with Crippen molar-refractivity contribution in [2.45, 2.75) is 146 Å². The molecule has 2 N–H and O–H groups in total. The molecule has 7 atom stereocenters. The highest BCUT2D eigenvalue weighted by atomic mass is 16.3. The lowest BCUT2D eigenvalue weighted by Gasteiger charge is -2.62. The minimum absolute atomic E-state index is 0.0465. The summed E-state index contributed by atoms with van der Waals surface area (Å²) in [6.45, 7) is 23.4. The Kier molecular flexibility index (Phi) is 10.6. The standard InChI is InChI=1S/C30H50O.C15H14O3/c1-20(2)10-9-11-21(3)22-14-18-30(8)24-12-13-25-27(4,5)26(31)16-17-28(25,6)23(24)15-19-29(22,30)7;1-9(2)7-8-12-13(16)10-5-3-4-6-11(10)14(17)15(12)18/h10,21-22,25-26,31H,9,11-19H2,1-8H3;3-7,16H,8H2,1-2H3. The Morgan fingerprint density at radius 2 is 1.49 bits per heavy atom. The molecule has 4 nitrogen and oxygen atoms in total. The summed E-state index contributed by atoms with van der Waals surface area (Å²) in [5.74, 6) is 1.10. The molecule has 0 heterocycles. The van der Waals surface area contributed by atoms with Crippen LogP contribution >= 0.6 is 0 Å². The molecule has 5 aliphatic carbocycles. The van der Waals surface area contributed by atoms with Crippen molar-refractivity contribution < 1.29 is 19.8 Å². The van der Waals surface area contributed by atoms with E-state index in [1.807, 2.05) is 31.1 Å². The molecule has 5 aliphatic rings. The summed E-state index contributed by atoms with van der Waals surface area (Å²) in [6, 6.07) is 6.62. The van der Waals surface area contributed by atoms with E-state index in [9.17, 15) is 19.8 Å². The van der Waals surface area contributed by atoms with Crippen LogP contribution in [-0.4, -0.2) is 27.9 Å². The van der Waals surface area contributed by atoms with Gasteiger partial charge >= 0.3 is 0 Å². The average Bonchev–Trinajstić information content (AvgIpc) is 3.33. The normalized spacial score (nSPS) is 33.7. The predicted molar refractivity (Wildman–Crippen MR) is 202 cm³/mol. The van der Waals surface area contributed by atoms with E-state index in [0.29, 0.717) is 27.7 Å². The number of hydrogen-bond acceptors (Lipinski definition) is 4. The summed E-state index contributed by atoms with van der Waals surface area (Å²) in [4.78, 5) is 23.8. The summed E-state index contributed by atoms with van der Waals surface area (Å²) < 4.78 is 0. The van der Waals surface area contributed by atoms with Gasteiger partial charge in [0.05, 0.1) is 6.10 Å². The van der Waals surface area contributed by atoms with E-state index in [1.165, 1.54) is 63.4 Å². The molecule has 268 valence electrons. The third-order valence-corrected chi connectivity index (χ3v) is 14.6. The van der Waals surface area contributed by atoms with Gasteiger partial charge in [-0.1, -0.05) is 100 Å². The lowest BCUT2D eigenvalue weighted by molar-refractivity contribution is -0.112. The van der Waals surface area contributed by atoms with Gasteiger partial charge in [-0.25, -0.2) is 0 Å². The second-order valence-corrected chi connectivity index (χ2v) is 18.1. The summed E-state index contributed by atoms with van der Waals surface area (Å²) in [5, 5.41) is 20.9. The third kappa shape index (κ3) is 6.38. The topological polar surface area (TPSA) is 74.6 Å². The van der Waals surface area contributed by atoms with Crippen molar-refractivity contribution in [1.82, 2.24) is 0 Å². The van der Waals surface area contributed by atoms with E-state index in [0.717, 1.165) is 23.8 Å². The van der Waals surface area contributed by atoms with Crippen LogP contribution in [0.15, 0.2) is 64.3 Å². The lowest BCUT2D eigenvalue weighted by Crippen LogP contribution is -2.55. The number of Topliss-reactive ketones (excluding diaryl/α,β-unsaturated/α-hetero) is 2. The quantitative estimate of drug-likeness (QED) is 0.234. The molecule has 49 heavy (non-hydrogen) atoms. The van der Waals surface area contributed by atoms with Gasteiger partial charge in [-0.15, -0.1) is 0 Å². The molecule has 0 radical (unpaired) electrons.